The van der Waals surface area contributed by atoms with Crippen LogP contribution in [0.3, 0.4) is 0 Å². The van der Waals surface area contributed by atoms with Crippen LogP contribution >= 0.6 is 0 Å². The number of methoxy groups -OCH3 is 1. The van der Waals surface area contributed by atoms with E-state index >= 15 is 0 Å². The lowest BCUT2D eigenvalue weighted by Crippen LogP contribution is -2.53. The van der Waals surface area contributed by atoms with Gasteiger partial charge in [-0.1, -0.05) is 13.0 Å². The van der Waals surface area contributed by atoms with Gasteiger partial charge >= 0.3 is 6.18 Å². The standard InChI is InChI=1S/C14H16F5NO/c1-7-9(6-20-13(7,2)14(17,18)19)8-4-5-10(15)11(16)12(8)21-3/h4-5,7,9,20H,6H2,1-3H3/t7-,9-,13+/m0/s1. The molecule has 7 heteroatoms. The molecule has 2 nitrogen and oxygen atoms in total. The molecular formula is C14H16F5NO. The SMILES string of the molecule is COc1c([C@H]2CN[C@@](C)(C(F)(F)F)[C@H]2C)ccc(F)c1F. The molecule has 2 rings (SSSR count). The van der Waals surface area contributed by atoms with Gasteiger partial charge in [-0.05, 0) is 18.9 Å². The zero-order chi connectivity index (χ0) is 16.0. The number of hydrogen-bond donors (Lipinski definition) is 1. The Labute approximate surface area is 119 Å². The molecule has 0 amide bonds. The van der Waals surface area contributed by atoms with Gasteiger partial charge < -0.3 is 10.1 Å². The smallest absolute Gasteiger partial charge is 0.406 e. The molecule has 0 unspecified atom stereocenters. The van der Waals surface area contributed by atoms with Gasteiger partial charge in [-0.3, -0.25) is 0 Å². The highest BCUT2D eigenvalue weighted by Gasteiger charge is 2.59. The number of nitrogens with one attached hydrogen (secondary N) is 1. The topological polar surface area (TPSA) is 21.3 Å². The number of alkyl halides is 3. The van der Waals surface area contributed by atoms with Crippen molar-refractivity contribution < 1.29 is 26.7 Å². The van der Waals surface area contributed by atoms with Crippen LogP contribution in [0.2, 0.25) is 0 Å². The molecule has 1 saturated heterocycles. The van der Waals surface area contributed by atoms with Gasteiger partial charge in [0.2, 0.25) is 5.82 Å². The Morgan fingerprint density at radius 3 is 2.38 bits per heavy atom. The van der Waals surface area contributed by atoms with Crippen LogP contribution < -0.4 is 10.1 Å². The first kappa shape index (κ1) is 16.0. The molecule has 3 atom stereocenters. The van der Waals surface area contributed by atoms with Crippen molar-refractivity contribution >= 4 is 0 Å². The summed E-state index contributed by atoms with van der Waals surface area (Å²) in [6.07, 6.45) is -4.44. The monoisotopic (exact) mass is 309 g/mol. The Bertz CT molecular complexity index is 545. The van der Waals surface area contributed by atoms with E-state index in [0.29, 0.717) is 0 Å². The van der Waals surface area contributed by atoms with Gasteiger partial charge in [0.05, 0.1) is 7.11 Å². The van der Waals surface area contributed by atoms with Crippen molar-refractivity contribution in [1.29, 1.82) is 0 Å². The maximum Gasteiger partial charge on any atom is 0.406 e. The van der Waals surface area contributed by atoms with E-state index in [1.165, 1.54) is 13.0 Å². The number of ether oxygens (including phenoxy) is 1. The van der Waals surface area contributed by atoms with E-state index in [1.54, 1.807) is 0 Å². The first-order valence-corrected chi connectivity index (χ1v) is 6.47. The van der Waals surface area contributed by atoms with Crippen molar-refractivity contribution in [1.82, 2.24) is 5.32 Å². The van der Waals surface area contributed by atoms with Crippen molar-refractivity contribution in [2.45, 2.75) is 31.5 Å². The third-order valence-corrected chi connectivity index (χ3v) is 4.48. The zero-order valence-electron chi connectivity index (χ0n) is 11.8. The van der Waals surface area contributed by atoms with Crippen molar-refractivity contribution in [3.05, 3.63) is 29.3 Å². The van der Waals surface area contributed by atoms with Crippen molar-refractivity contribution in [3.8, 4) is 5.75 Å². The summed E-state index contributed by atoms with van der Waals surface area (Å²) >= 11 is 0. The Hall–Kier alpha value is -1.37. The van der Waals surface area contributed by atoms with E-state index in [0.717, 1.165) is 20.1 Å². The van der Waals surface area contributed by atoms with E-state index in [4.69, 9.17) is 4.74 Å². The number of benzene rings is 1. The first-order chi connectivity index (χ1) is 9.63. The average molecular weight is 309 g/mol. The van der Waals surface area contributed by atoms with Gasteiger partial charge in [0.25, 0.3) is 0 Å². The average Bonchev–Trinajstić information content (AvgIpc) is 2.70. The second-order valence-electron chi connectivity index (χ2n) is 5.46. The minimum absolute atomic E-state index is 0.0125. The Morgan fingerprint density at radius 1 is 1.29 bits per heavy atom. The molecule has 1 aromatic rings. The van der Waals surface area contributed by atoms with E-state index in [1.807, 2.05) is 0 Å². The number of halogens is 5. The number of rotatable bonds is 2. The van der Waals surface area contributed by atoms with Crippen molar-refractivity contribution in [3.63, 3.8) is 0 Å². The molecule has 0 radical (unpaired) electrons. The third kappa shape index (κ3) is 2.37. The molecule has 0 aromatic heterocycles. The maximum absolute atomic E-state index is 13.7. The van der Waals surface area contributed by atoms with Crippen LogP contribution in [0.1, 0.15) is 25.3 Å². The molecule has 1 aliphatic rings. The highest BCUT2D eigenvalue weighted by atomic mass is 19.4. The van der Waals surface area contributed by atoms with Gasteiger partial charge in [-0.2, -0.15) is 17.6 Å². The Morgan fingerprint density at radius 2 is 1.90 bits per heavy atom. The molecule has 0 spiro atoms. The minimum Gasteiger partial charge on any atom is -0.493 e. The summed E-state index contributed by atoms with van der Waals surface area (Å²) in [6, 6.07) is 2.19. The summed E-state index contributed by atoms with van der Waals surface area (Å²) in [5, 5.41) is 2.46. The summed E-state index contributed by atoms with van der Waals surface area (Å²) in [6.45, 7) is 2.53. The van der Waals surface area contributed by atoms with E-state index in [9.17, 15) is 22.0 Å². The normalized spacial score (nSPS) is 29.7. The molecule has 1 heterocycles. The van der Waals surface area contributed by atoms with Crippen LogP contribution in [0.5, 0.6) is 5.75 Å². The molecule has 1 fully saturated rings. The fourth-order valence-corrected chi connectivity index (χ4v) is 2.85. The maximum atomic E-state index is 13.7. The van der Waals surface area contributed by atoms with Crippen LogP contribution in [0.4, 0.5) is 22.0 Å². The molecule has 1 N–H and O–H groups in total. The number of hydrogen-bond acceptors (Lipinski definition) is 2. The van der Waals surface area contributed by atoms with Crippen molar-refractivity contribution in [2.24, 2.45) is 5.92 Å². The van der Waals surface area contributed by atoms with Crippen LogP contribution in [0, 0.1) is 17.6 Å². The summed E-state index contributed by atoms with van der Waals surface area (Å²) < 4.78 is 71.3. The van der Waals surface area contributed by atoms with Gasteiger partial charge in [0.15, 0.2) is 11.6 Å². The summed E-state index contributed by atoms with van der Waals surface area (Å²) in [7, 11) is 1.16. The van der Waals surface area contributed by atoms with E-state index in [2.05, 4.69) is 5.32 Å². The Balaban J connectivity index is 2.44. The van der Waals surface area contributed by atoms with E-state index < -0.39 is 35.2 Å². The summed E-state index contributed by atoms with van der Waals surface area (Å²) in [5.41, 5.74) is -1.84. The highest BCUT2D eigenvalue weighted by Crippen LogP contribution is 2.48. The van der Waals surface area contributed by atoms with Crippen LogP contribution in [0.25, 0.3) is 0 Å². The molecule has 21 heavy (non-hydrogen) atoms. The van der Waals surface area contributed by atoms with Gasteiger partial charge in [0, 0.05) is 18.0 Å². The zero-order valence-corrected chi connectivity index (χ0v) is 11.8. The van der Waals surface area contributed by atoms with Crippen LogP contribution in [-0.2, 0) is 0 Å². The van der Waals surface area contributed by atoms with Gasteiger partial charge in [0.1, 0.15) is 5.54 Å². The highest BCUT2D eigenvalue weighted by molar-refractivity contribution is 5.40. The molecule has 0 saturated carbocycles. The quantitative estimate of drug-likeness (QED) is 0.843. The van der Waals surface area contributed by atoms with Gasteiger partial charge in [-0.25, -0.2) is 4.39 Å². The van der Waals surface area contributed by atoms with Crippen LogP contribution in [-0.4, -0.2) is 25.4 Å². The lowest BCUT2D eigenvalue weighted by Gasteiger charge is -2.33. The Kier molecular flexibility index (Phi) is 3.90. The fourth-order valence-electron chi connectivity index (χ4n) is 2.85. The molecule has 0 bridgehead atoms. The molecule has 118 valence electrons. The predicted molar refractivity (Wildman–Crippen MR) is 67.3 cm³/mol. The molecular weight excluding hydrogens is 293 g/mol. The summed E-state index contributed by atoms with van der Waals surface area (Å²) in [5.74, 6) is -4.08. The van der Waals surface area contributed by atoms with Crippen LogP contribution in [0.15, 0.2) is 12.1 Å². The second-order valence-corrected chi connectivity index (χ2v) is 5.46. The lowest BCUT2D eigenvalue weighted by molar-refractivity contribution is -0.197. The van der Waals surface area contributed by atoms with Gasteiger partial charge in [-0.15, -0.1) is 0 Å². The molecule has 1 aliphatic heterocycles. The first-order valence-electron chi connectivity index (χ1n) is 6.47. The minimum atomic E-state index is -4.44. The fraction of sp³-hybridized carbons (Fsp3) is 0.571. The third-order valence-electron chi connectivity index (χ3n) is 4.48. The second kappa shape index (κ2) is 5.12. The lowest BCUT2D eigenvalue weighted by atomic mass is 9.79. The molecule has 1 aromatic carbocycles. The van der Waals surface area contributed by atoms with Crippen molar-refractivity contribution in [2.75, 3.05) is 13.7 Å². The largest absolute Gasteiger partial charge is 0.493 e. The predicted octanol–water partition coefficient (Wildman–Crippen LogP) is 3.62. The summed E-state index contributed by atoms with van der Waals surface area (Å²) in [4.78, 5) is 0. The molecule has 0 aliphatic carbocycles. The van der Waals surface area contributed by atoms with E-state index in [-0.39, 0.29) is 17.9 Å².